The number of hydrogen-bond donors (Lipinski definition) is 1. The fraction of sp³-hybridized carbons (Fsp3) is 0.353. The molecular weight excluding hydrogens is 308 g/mol. The van der Waals surface area contributed by atoms with E-state index in [-0.39, 0.29) is 17.3 Å². The summed E-state index contributed by atoms with van der Waals surface area (Å²) in [6.45, 7) is 1.63. The molecule has 0 spiro atoms. The number of hydrogen-bond acceptors (Lipinski definition) is 5. The zero-order chi connectivity index (χ0) is 17.1. The molecule has 24 heavy (non-hydrogen) atoms. The number of methoxy groups -OCH3 is 1. The number of amides is 1. The Morgan fingerprint density at radius 1 is 1.12 bits per heavy atom. The zero-order valence-corrected chi connectivity index (χ0v) is 13.6. The molecule has 2 heterocycles. The van der Waals surface area contributed by atoms with Crippen molar-refractivity contribution in [2.45, 2.75) is 19.3 Å². The topological polar surface area (TPSA) is 90.4 Å². The van der Waals surface area contributed by atoms with Crippen molar-refractivity contribution in [1.29, 1.82) is 0 Å². The van der Waals surface area contributed by atoms with Crippen LogP contribution in [0.3, 0.4) is 0 Å². The highest BCUT2D eigenvalue weighted by Crippen LogP contribution is 2.19. The van der Waals surface area contributed by atoms with Crippen molar-refractivity contribution in [1.82, 2.24) is 14.7 Å². The molecule has 1 aliphatic rings. The standard InChI is InChI=1S/C17H20N4O3/c1-24-17(23)14-11-19-21(15(14)18)13-7-5-12(6-8-13)16(22)20-9-3-2-4-10-20/h5-8,11H,2-4,9-10,18H2,1H3. The number of aromatic nitrogens is 2. The van der Waals surface area contributed by atoms with Crippen molar-refractivity contribution in [3.05, 3.63) is 41.6 Å². The Hall–Kier alpha value is -2.83. The van der Waals surface area contributed by atoms with Crippen LogP contribution < -0.4 is 5.73 Å². The number of esters is 1. The minimum atomic E-state index is -0.532. The molecular formula is C17H20N4O3. The summed E-state index contributed by atoms with van der Waals surface area (Å²) in [6, 6.07) is 7.04. The van der Waals surface area contributed by atoms with Crippen LogP contribution in [0.15, 0.2) is 30.5 Å². The molecule has 1 aromatic heterocycles. The van der Waals surface area contributed by atoms with Gasteiger partial charge in [-0.2, -0.15) is 5.10 Å². The summed E-state index contributed by atoms with van der Waals surface area (Å²) in [5.74, 6) is -0.280. The van der Waals surface area contributed by atoms with Crippen molar-refractivity contribution >= 4 is 17.7 Å². The monoisotopic (exact) mass is 328 g/mol. The Morgan fingerprint density at radius 2 is 1.79 bits per heavy atom. The van der Waals surface area contributed by atoms with Crippen LogP contribution in [0, 0.1) is 0 Å². The third-order valence-corrected chi connectivity index (χ3v) is 4.21. The molecule has 2 N–H and O–H groups in total. The Balaban J connectivity index is 1.81. The number of carbonyl (C=O) groups is 2. The van der Waals surface area contributed by atoms with Gasteiger partial charge in [-0.05, 0) is 43.5 Å². The fourth-order valence-corrected chi connectivity index (χ4v) is 2.86. The van der Waals surface area contributed by atoms with Gasteiger partial charge in [-0.15, -0.1) is 0 Å². The van der Waals surface area contributed by atoms with Crippen LogP contribution in [0.4, 0.5) is 5.82 Å². The van der Waals surface area contributed by atoms with Crippen LogP contribution in [0.25, 0.3) is 5.69 Å². The molecule has 0 saturated carbocycles. The van der Waals surface area contributed by atoms with Crippen molar-refractivity contribution in [2.24, 2.45) is 0 Å². The first kappa shape index (κ1) is 16.0. The average Bonchev–Trinajstić information content (AvgIpc) is 3.03. The molecule has 126 valence electrons. The van der Waals surface area contributed by atoms with E-state index in [0.29, 0.717) is 11.3 Å². The van der Waals surface area contributed by atoms with Crippen molar-refractivity contribution < 1.29 is 14.3 Å². The highest BCUT2D eigenvalue weighted by molar-refractivity contribution is 5.95. The van der Waals surface area contributed by atoms with Gasteiger partial charge in [0.1, 0.15) is 11.4 Å². The Morgan fingerprint density at radius 3 is 2.42 bits per heavy atom. The van der Waals surface area contributed by atoms with E-state index in [1.807, 2.05) is 4.90 Å². The number of likely N-dealkylation sites (tertiary alicyclic amines) is 1. The average molecular weight is 328 g/mol. The Bertz CT molecular complexity index is 746. The van der Waals surface area contributed by atoms with Crippen molar-refractivity contribution in [2.75, 3.05) is 25.9 Å². The second-order valence-corrected chi connectivity index (χ2v) is 5.75. The molecule has 7 nitrogen and oxygen atoms in total. The Kier molecular flexibility index (Phi) is 4.50. The first-order chi connectivity index (χ1) is 11.6. The molecule has 0 radical (unpaired) electrons. The Labute approximate surface area is 140 Å². The molecule has 7 heteroatoms. The summed E-state index contributed by atoms with van der Waals surface area (Å²) < 4.78 is 6.11. The van der Waals surface area contributed by atoms with Gasteiger partial charge in [0.25, 0.3) is 5.91 Å². The lowest BCUT2D eigenvalue weighted by Crippen LogP contribution is -2.35. The van der Waals surface area contributed by atoms with Gasteiger partial charge in [0.15, 0.2) is 0 Å². The molecule has 1 aliphatic heterocycles. The number of anilines is 1. The molecule has 2 aromatic rings. The summed E-state index contributed by atoms with van der Waals surface area (Å²) in [6.07, 6.45) is 4.67. The number of nitrogen functional groups attached to an aromatic ring is 1. The number of rotatable bonds is 3. The summed E-state index contributed by atoms with van der Waals surface area (Å²) in [4.78, 5) is 25.9. The van der Waals surface area contributed by atoms with Crippen LogP contribution >= 0.6 is 0 Å². The highest BCUT2D eigenvalue weighted by atomic mass is 16.5. The first-order valence-corrected chi connectivity index (χ1v) is 7.93. The molecule has 3 rings (SSSR count). The SMILES string of the molecule is COC(=O)c1cnn(-c2ccc(C(=O)N3CCCCC3)cc2)c1N. The number of piperidine rings is 1. The highest BCUT2D eigenvalue weighted by Gasteiger charge is 2.19. The molecule has 0 atom stereocenters. The van der Waals surface area contributed by atoms with E-state index >= 15 is 0 Å². The predicted octanol–water partition coefficient (Wildman–Crippen LogP) is 1.87. The van der Waals surface area contributed by atoms with Gasteiger partial charge in [0.05, 0.1) is 19.0 Å². The molecule has 1 saturated heterocycles. The van der Waals surface area contributed by atoms with Crippen LogP contribution in [-0.4, -0.2) is 46.8 Å². The smallest absolute Gasteiger partial charge is 0.343 e. The minimum Gasteiger partial charge on any atom is -0.465 e. The summed E-state index contributed by atoms with van der Waals surface area (Å²) >= 11 is 0. The lowest BCUT2D eigenvalue weighted by atomic mass is 10.1. The van der Waals surface area contributed by atoms with Gasteiger partial charge in [-0.25, -0.2) is 9.48 Å². The second kappa shape index (κ2) is 6.74. The molecule has 1 aromatic carbocycles. The minimum absolute atomic E-state index is 0.0462. The summed E-state index contributed by atoms with van der Waals surface area (Å²) in [5.41, 5.74) is 7.48. The maximum atomic E-state index is 12.5. The lowest BCUT2D eigenvalue weighted by molar-refractivity contribution is 0.0601. The van der Waals surface area contributed by atoms with Crippen LogP contribution in [0.5, 0.6) is 0 Å². The lowest BCUT2D eigenvalue weighted by Gasteiger charge is -2.26. The maximum Gasteiger partial charge on any atom is 0.343 e. The van der Waals surface area contributed by atoms with Gasteiger partial charge in [-0.3, -0.25) is 4.79 Å². The molecule has 0 unspecified atom stereocenters. The van der Waals surface area contributed by atoms with Crippen LogP contribution in [0.1, 0.15) is 40.0 Å². The van der Waals surface area contributed by atoms with Crippen molar-refractivity contribution in [3.8, 4) is 5.69 Å². The predicted molar refractivity (Wildman–Crippen MR) is 89.1 cm³/mol. The van der Waals surface area contributed by atoms with Crippen LogP contribution in [-0.2, 0) is 4.74 Å². The van der Waals surface area contributed by atoms with Crippen LogP contribution in [0.2, 0.25) is 0 Å². The molecule has 0 aliphatic carbocycles. The normalized spacial score (nSPS) is 14.5. The van der Waals surface area contributed by atoms with E-state index in [0.717, 1.165) is 25.9 Å². The van der Waals surface area contributed by atoms with E-state index in [4.69, 9.17) is 5.73 Å². The van der Waals surface area contributed by atoms with E-state index in [9.17, 15) is 9.59 Å². The number of nitrogens with two attached hydrogens (primary N) is 1. The van der Waals surface area contributed by atoms with E-state index < -0.39 is 5.97 Å². The quantitative estimate of drug-likeness (QED) is 0.869. The number of nitrogens with zero attached hydrogens (tertiary/aromatic N) is 3. The zero-order valence-electron chi connectivity index (χ0n) is 13.6. The number of ether oxygens (including phenoxy) is 1. The van der Waals surface area contributed by atoms with Gasteiger partial charge in [0, 0.05) is 18.7 Å². The largest absolute Gasteiger partial charge is 0.465 e. The second-order valence-electron chi connectivity index (χ2n) is 5.75. The number of carbonyl (C=O) groups excluding carboxylic acids is 2. The van der Waals surface area contributed by atoms with E-state index in [1.54, 1.807) is 24.3 Å². The van der Waals surface area contributed by atoms with E-state index in [1.165, 1.54) is 24.4 Å². The van der Waals surface area contributed by atoms with Gasteiger partial charge in [0.2, 0.25) is 0 Å². The molecule has 1 fully saturated rings. The molecule has 0 bridgehead atoms. The van der Waals surface area contributed by atoms with Gasteiger partial charge in [-0.1, -0.05) is 0 Å². The third kappa shape index (κ3) is 2.97. The van der Waals surface area contributed by atoms with Gasteiger partial charge < -0.3 is 15.4 Å². The maximum absolute atomic E-state index is 12.5. The fourth-order valence-electron chi connectivity index (χ4n) is 2.86. The summed E-state index contributed by atoms with van der Waals surface area (Å²) in [5, 5.41) is 4.11. The third-order valence-electron chi connectivity index (χ3n) is 4.21. The molecule has 1 amide bonds. The van der Waals surface area contributed by atoms with E-state index in [2.05, 4.69) is 9.84 Å². The summed E-state index contributed by atoms with van der Waals surface area (Å²) in [7, 11) is 1.29. The number of benzene rings is 1. The van der Waals surface area contributed by atoms with Crippen molar-refractivity contribution in [3.63, 3.8) is 0 Å². The van der Waals surface area contributed by atoms with Gasteiger partial charge >= 0.3 is 5.97 Å². The first-order valence-electron chi connectivity index (χ1n) is 7.93.